The molecule has 4 nitrogen and oxygen atoms in total. The second kappa shape index (κ2) is 5.15. The number of nitrogens with one attached hydrogen (secondary N) is 1. The van der Waals surface area contributed by atoms with Gasteiger partial charge in [0, 0.05) is 13.1 Å². The van der Waals surface area contributed by atoms with Crippen molar-refractivity contribution in [2.75, 3.05) is 26.7 Å². The summed E-state index contributed by atoms with van der Waals surface area (Å²) in [5, 5.41) is 12.1. The molecule has 1 fully saturated rings. The number of aliphatic carboxylic acids is 1. The van der Waals surface area contributed by atoms with Crippen LogP contribution in [0.5, 0.6) is 0 Å². The van der Waals surface area contributed by atoms with Crippen molar-refractivity contribution in [2.45, 2.75) is 32.7 Å². The van der Waals surface area contributed by atoms with E-state index in [0.717, 1.165) is 19.0 Å². The van der Waals surface area contributed by atoms with Crippen molar-refractivity contribution < 1.29 is 9.90 Å². The number of hydrogen-bond donors (Lipinski definition) is 2. The molecule has 0 aromatic rings. The Morgan fingerprint density at radius 1 is 1.62 bits per heavy atom. The van der Waals surface area contributed by atoms with Gasteiger partial charge in [-0.1, -0.05) is 13.8 Å². The number of carbonyl (C=O) groups is 1. The maximum Gasteiger partial charge on any atom is 0.324 e. The summed E-state index contributed by atoms with van der Waals surface area (Å²) in [4.78, 5) is 13.4. The lowest BCUT2D eigenvalue weighted by atomic mass is 9.95. The van der Waals surface area contributed by atoms with E-state index in [2.05, 4.69) is 24.1 Å². The van der Waals surface area contributed by atoms with E-state index >= 15 is 0 Å². The van der Waals surface area contributed by atoms with Crippen LogP contribution in [0, 0.1) is 11.8 Å². The van der Waals surface area contributed by atoms with E-state index in [1.54, 1.807) is 14.0 Å². The molecule has 4 heteroatoms. The second-order valence-corrected chi connectivity index (χ2v) is 5.42. The first-order valence-electron chi connectivity index (χ1n) is 6.03. The SMILES string of the molecule is CNC(C)(CN1CCC(C(C)C)C1)C(=O)O. The summed E-state index contributed by atoms with van der Waals surface area (Å²) >= 11 is 0. The first-order chi connectivity index (χ1) is 7.39. The molecule has 0 aromatic heterocycles. The molecule has 2 atom stereocenters. The summed E-state index contributed by atoms with van der Waals surface area (Å²) in [5.74, 6) is 0.633. The zero-order valence-corrected chi connectivity index (χ0v) is 10.8. The second-order valence-electron chi connectivity index (χ2n) is 5.42. The van der Waals surface area contributed by atoms with Crippen molar-refractivity contribution in [2.24, 2.45) is 11.8 Å². The normalized spacial score (nSPS) is 25.9. The predicted octanol–water partition coefficient (Wildman–Crippen LogP) is 1.03. The third-order valence-electron chi connectivity index (χ3n) is 3.82. The molecule has 1 aliphatic heterocycles. The van der Waals surface area contributed by atoms with E-state index in [1.807, 2.05) is 0 Å². The van der Waals surface area contributed by atoms with Gasteiger partial charge in [-0.05, 0) is 38.8 Å². The van der Waals surface area contributed by atoms with Gasteiger partial charge in [-0.3, -0.25) is 4.79 Å². The van der Waals surface area contributed by atoms with Gasteiger partial charge in [-0.15, -0.1) is 0 Å². The van der Waals surface area contributed by atoms with Crippen LogP contribution in [-0.4, -0.2) is 48.2 Å². The molecule has 0 aromatic carbocycles. The quantitative estimate of drug-likeness (QED) is 0.738. The maximum atomic E-state index is 11.2. The molecule has 1 saturated heterocycles. The topological polar surface area (TPSA) is 52.6 Å². The monoisotopic (exact) mass is 228 g/mol. The molecular weight excluding hydrogens is 204 g/mol. The fraction of sp³-hybridized carbons (Fsp3) is 0.917. The van der Waals surface area contributed by atoms with Gasteiger partial charge < -0.3 is 15.3 Å². The molecule has 94 valence electrons. The largest absolute Gasteiger partial charge is 0.480 e. The zero-order chi connectivity index (χ0) is 12.3. The van der Waals surface area contributed by atoms with Crippen LogP contribution >= 0.6 is 0 Å². The molecule has 16 heavy (non-hydrogen) atoms. The minimum atomic E-state index is -0.828. The van der Waals surface area contributed by atoms with Crippen LogP contribution in [0.4, 0.5) is 0 Å². The molecule has 0 saturated carbocycles. The van der Waals surface area contributed by atoms with Crippen molar-refractivity contribution in [3.63, 3.8) is 0 Å². The third kappa shape index (κ3) is 2.95. The molecule has 1 rings (SSSR count). The Morgan fingerprint density at radius 3 is 2.62 bits per heavy atom. The first-order valence-corrected chi connectivity index (χ1v) is 6.03. The number of nitrogens with zero attached hydrogens (tertiary/aromatic N) is 1. The van der Waals surface area contributed by atoms with Crippen LogP contribution in [0.2, 0.25) is 0 Å². The van der Waals surface area contributed by atoms with E-state index in [4.69, 9.17) is 0 Å². The van der Waals surface area contributed by atoms with Gasteiger partial charge in [0.2, 0.25) is 0 Å². The van der Waals surface area contributed by atoms with E-state index < -0.39 is 11.5 Å². The van der Waals surface area contributed by atoms with Gasteiger partial charge in [0.05, 0.1) is 0 Å². The molecule has 0 amide bonds. The fourth-order valence-corrected chi connectivity index (χ4v) is 2.25. The number of hydrogen-bond acceptors (Lipinski definition) is 3. The third-order valence-corrected chi connectivity index (χ3v) is 3.82. The number of carboxylic acid groups (broad SMARTS) is 1. The summed E-state index contributed by atoms with van der Waals surface area (Å²) < 4.78 is 0. The van der Waals surface area contributed by atoms with Gasteiger partial charge in [0.1, 0.15) is 5.54 Å². The highest BCUT2D eigenvalue weighted by molar-refractivity contribution is 5.78. The number of likely N-dealkylation sites (N-methyl/N-ethyl adjacent to an activating group) is 1. The molecule has 0 spiro atoms. The van der Waals surface area contributed by atoms with Gasteiger partial charge >= 0.3 is 5.97 Å². The molecular formula is C12H24N2O2. The van der Waals surface area contributed by atoms with E-state index in [0.29, 0.717) is 12.5 Å². The van der Waals surface area contributed by atoms with Crippen LogP contribution < -0.4 is 5.32 Å². The van der Waals surface area contributed by atoms with Crippen molar-refractivity contribution in [1.82, 2.24) is 10.2 Å². The van der Waals surface area contributed by atoms with Gasteiger partial charge in [-0.25, -0.2) is 0 Å². The Bertz CT molecular complexity index is 255. The highest BCUT2D eigenvalue weighted by Gasteiger charge is 2.36. The summed E-state index contributed by atoms with van der Waals surface area (Å²) in [6, 6.07) is 0. The smallest absolute Gasteiger partial charge is 0.324 e. The molecule has 0 radical (unpaired) electrons. The van der Waals surface area contributed by atoms with Crippen molar-refractivity contribution in [3.8, 4) is 0 Å². The molecule has 1 heterocycles. The van der Waals surface area contributed by atoms with Crippen molar-refractivity contribution >= 4 is 5.97 Å². The summed E-state index contributed by atoms with van der Waals surface area (Å²) in [5.41, 5.74) is -0.828. The minimum Gasteiger partial charge on any atom is -0.480 e. The zero-order valence-electron chi connectivity index (χ0n) is 10.8. The summed E-state index contributed by atoms with van der Waals surface area (Å²) in [7, 11) is 1.71. The van der Waals surface area contributed by atoms with E-state index in [1.165, 1.54) is 6.42 Å². The average molecular weight is 228 g/mol. The van der Waals surface area contributed by atoms with Gasteiger partial charge in [0.15, 0.2) is 0 Å². The lowest BCUT2D eigenvalue weighted by molar-refractivity contribution is -0.144. The van der Waals surface area contributed by atoms with Crippen LogP contribution in [0.3, 0.4) is 0 Å². The standard InChI is InChI=1S/C12H24N2O2/c1-9(2)10-5-6-14(7-10)8-12(3,13-4)11(15)16/h9-10,13H,5-8H2,1-4H3,(H,15,16). The van der Waals surface area contributed by atoms with Crippen LogP contribution in [-0.2, 0) is 4.79 Å². The van der Waals surface area contributed by atoms with E-state index in [-0.39, 0.29) is 0 Å². The number of rotatable bonds is 5. The van der Waals surface area contributed by atoms with Crippen LogP contribution in [0.15, 0.2) is 0 Å². The minimum absolute atomic E-state index is 0.585. The lowest BCUT2D eigenvalue weighted by Crippen LogP contribution is -2.55. The molecule has 0 aliphatic carbocycles. The Labute approximate surface area is 98.0 Å². The van der Waals surface area contributed by atoms with E-state index in [9.17, 15) is 9.90 Å². The Hall–Kier alpha value is -0.610. The first kappa shape index (κ1) is 13.5. The van der Waals surface area contributed by atoms with Gasteiger partial charge in [-0.2, -0.15) is 0 Å². The average Bonchev–Trinajstić information content (AvgIpc) is 2.65. The highest BCUT2D eigenvalue weighted by atomic mass is 16.4. The fourth-order valence-electron chi connectivity index (χ4n) is 2.25. The van der Waals surface area contributed by atoms with Crippen LogP contribution in [0.1, 0.15) is 27.2 Å². The van der Waals surface area contributed by atoms with Crippen molar-refractivity contribution in [3.05, 3.63) is 0 Å². The predicted molar refractivity (Wildman–Crippen MR) is 64.5 cm³/mol. The Balaban J connectivity index is 2.53. The molecule has 0 bridgehead atoms. The Morgan fingerprint density at radius 2 is 2.25 bits per heavy atom. The summed E-state index contributed by atoms with van der Waals surface area (Å²) in [6.07, 6.45) is 1.19. The van der Waals surface area contributed by atoms with Crippen LogP contribution in [0.25, 0.3) is 0 Å². The number of likely N-dealkylation sites (tertiary alicyclic amines) is 1. The highest BCUT2D eigenvalue weighted by Crippen LogP contribution is 2.24. The lowest BCUT2D eigenvalue weighted by Gasteiger charge is -2.29. The maximum absolute atomic E-state index is 11.2. The van der Waals surface area contributed by atoms with Gasteiger partial charge in [0.25, 0.3) is 0 Å². The summed E-state index contributed by atoms with van der Waals surface area (Å²) in [6.45, 7) is 8.86. The Kier molecular flexibility index (Phi) is 4.33. The molecule has 2 unspecified atom stereocenters. The van der Waals surface area contributed by atoms with Crippen molar-refractivity contribution in [1.29, 1.82) is 0 Å². The number of carboxylic acids is 1. The molecule has 1 aliphatic rings. The molecule has 2 N–H and O–H groups in total.